The van der Waals surface area contributed by atoms with Gasteiger partial charge in [0.25, 0.3) is 0 Å². The second-order valence-electron chi connectivity index (χ2n) is 5.13. The average molecular weight is 225 g/mol. The van der Waals surface area contributed by atoms with Gasteiger partial charge in [0.15, 0.2) is 5.75 Å². The molecule has 0 amide bonds. The largest absolute Gasteiger partial charge is 0.411 e. The first-order valence-electron chi connectivity index (χ1n) is 5.56. The fourth-order valence-corrected chi connectivity index (χ4v) is 2.20. The van der Waals surface area contributed by atoms with E-state index in [1.165, 1.54) is 12.1 Å². The average Bonchev–Trinajstić information content (AvgIpc) is 2.19. The second kappa shape index (κ2) is 4.83. The van der Waals surface area contributed by atoms with E-state index < -0.39 is 0 Å². The Morgan fingerprint density at radius 2 is 2.00 bits per heavy atom. The summed E-state index contributed by atoms with van der Waals surface area (Å²) < 4.78 is 13.1. The minimum Gasteiger partial charge on any atom is -0.411 e. The van der Waals surface area contributed by atoms with Gasteiger partial charge in [0.05, 0.1) is 0 Å². The van der Waals surface area contributed by atoms with Gasteiger partial charge in [-0.05, 0) is 23.8 Å². The fourth-order valence-electron chi connectivity index (χ4n) is 2.20. The molecule has 1 aromatic rings. The van der Waals surface area contributed by atoms with Crippen molar-refractivity contribution < 1.29 is 9.23 Å². The maximum atomic E-state index is 13.1. The fraction of sp³-hybridized carbons (Fsp3) is 0.538. The molecule has 0 unspecified atom stereocenters. The third-order valence-corrected chi connectivity index (χ3v) is 2.93. The van der Waals surface area contributed by atoms with Crippen LogP contribution in [-0.2, 0) is 0 Å². The molecular formula is C13H20FNO. The number of benzene rings is 1. The van der Waals surface area contributed by atoms with Gasteiger partial charge in [0, 0.05) is 11.6 Å². The van der Waals surface area contributed by atoms with E-state index in [2.05, 4.69) is 27.7 Å². The molecule has 0 aromatic heterocycles. The zero-order valence-corrected chi connectivity index (χ0v) is 10.4. The number of halogens is 1. The zero-order chi connectivity index (χ0) is 12.3. The molecular weight excluding hydrogens is 205 g/mol. The predicted octanol–water partition coefficient (Wildman–Crippen LogP) is 3.62. The van der Waals surface area contributed by atoms with Crippen LogP contribution in [0.15, 0.2) is 18.2 Å². The first-order chi connectivity index (χ1) is 7.40. The van der Waals surface area contributed by atoms with Crippen molar-refractivity contribution in [1.29, 1.82) is 0 Å². The monoisotopic (exact) mass is 225 g/mol. The van der Waals surface area contributed by atoms with Gasteiger partial charge in [-0.3, -0.25) is 0 Å². The molecule has 16 heavy (non-hydrogen) atoms. The lowest BCUT2D eigenvalue weighted by molar-refractivity contribution is 0.285. The highest BCUT2D eigenvalue weighted by Crippen LogP contribution is 2.41. The third kappa shape index (κ3) is 2.73. The van der Waals surface area contributed by atoms with Crippen molar-refractivity contribution in [3.63, 3.8) is 0 Å². The number of nitrogens with two attached hydrogens (primary N) is 1. The third-order valence-electron chi connectivity index (χ3n) is 2.93. The van der Waals surface area contributed by atoms with E-state index in [0.29, 0.717) is 11.7 Å². The van der Waals surface area contributed by atoms with E-state index in [-0.39, 0.29) is 11.2 Å². The molecule has 0 aliphatic carbocycles. The van der Waals surface area contributed by atoms with E-state index >= 15 is 0 Å². The van der Waals surface area contributed by atoms with Crippen molar-refractivity contribution in [2.75, 3.05) is 0 Å². The summed E-state index contributed by atoms with van der Waals surface area (Å²) in [5.41, 5.74) is 1.07. The number of hydrogen-bond donors (Lipinski definition) is 1. The maximum Gasteiger partial charge on any atom is 0.153 e. The number of hydrogen-bond acceptors (Lipinski definition) is 2. The molecule has 1 rings (SSSR count). The summed E-state index contributed by atoms with van der Waals surface area (Å²) >= 11 is 0. The summed E-state index contributed by atoms with van der Waals surface area (Å²) in [4.78, 5) is 4.76. The smallest absolute Gasteiger partial charge is 0.153 e. The summed E-state index contributed by atoms with van der Waals surface area (Å²) in [6.45, 7) is 8.58. The minimum absolute atomic E-state index is 0.0971. The van der Waals surface area contributed by atoms with E-state index in [1.807, 2.05) is 0 Å². The van der Waals surface area contributed by atoms with Crippen molar-refractivity contribution >= 4 is 0 Å². The quantitative estimate of drug-likeness (QED) is 0.797. The molecule has 0 heterocycles. The van der Waals surface area contributed by atoms with Gasteiger partial charge < -0.3 is 4.84 Å². The van der Waals surface area contributed by atoms with E-state index in [4.69, 9.17) is 10.7 Å². The van der Waals surface area contributed by atoms with Crippen LogP contribution in [0.4, 0.5) is 4.39 Å². The normalized spacial score (nSPS) is 13.6. The van der Waals surface area contributed by atoms with Gasteiger partial charge >= 0.3 is 0 Å². The van der Waals surface area contributed by atoms with Crippen molar-refractivity contribution in [2.24, 2.45) is 11.3 Å². The summed E-state index contributed by atoms with van der Waals surface area (Å²) in [5.74, 6) is 5.59. The van der Waals surface area contributed by atoms with Crippen LogP contribution in [0.3, 0.4) is 0 Å². The highest BCUT2D eigenvalue weighted by molar-refractivity contribution is 5.37. The summed E-state index contributed by atoms with van der Waals surface area (Å²) in [5, 5.41) is 0. The predicted molar refractivity (Wildman–Crippen MR) is 63.7 cm³/mol. The van der Waals surface area contributed by atoms with Crippen molar-refractivity contribution in [2.45, 2.75) is 40.0 Å². The van der Waals surface area contributed by atoms with Gasteiger partial charge in [0.2, 0.25) is 0 Å². The van der Waals surface area contributed by atoms with Crippen LogP contribution < -0.4 is 10.7 Å². The molecule has 0 bridgehead atoms. The summed E-state index contributed by atoms with van der Waals surface area (Å²) in [6.07, 6.45) is 0.964. The van der Waals surface area contributed by atoms with Gasteiger partial charge in [-0.2, -0.15) is 5.90 Å². The van der Waals surface area contributed by atoms with E-state index in [9.17, 15) is 4.39 Å². The highest BCUT2D eigenvalue weighted by Gasteiger charge is 2.27. The Kier molecular flexibility index (Phi) is 3.92. The summed E-state index contributed by atoms with van der Waals surface area (Å²) in [7, 11) is 0. The first-order valence-corrected chi connectivity index (χ1v) is 5.56. The van der Waals surface area contributed by atoms with Crippen LogP contribution in [-0.4, -0.2) is 0 Å². The Labute approximate surface area is 96.6 Å². The maximum absolute atomic E-state index is 13.1. The van der Waals surface area contributed by atoms with Gasteiger partial charge in [0.1, 0.15) is 5.82 Å². The summed E-state index contributed by atoms with van der Waals surface area (Å²) in [6, 6.07) is 4.55. The van der Waals surface area contributed by atoms with Crippen molar-refractivity contribution in [3.05, 3.63) is 29.6 Å². The zero-order valence-electron chi connectivity index (χ0n) is 10.4. The first kappa shape index (κ1) is 13.0. The standard InChI is InChI=1S/C13H20FNO/c1-5-11(13(2,3)4)10-7-6-9(14)8-12(10)16-15/h6-8,11H,5,15H2,1-4H3/t11-/m1/s1. The van der Waals surface area contributed by atoms with Crippen LogP contribution in [0.2, 0.25) is 0 Å². The molecule has 0 saturated carbocycles. The van der Waals surface area contributed by atoms with Crippen LogP contribution in [0.25, 0.3) is 0 Å². The number of rotatable bonds is 3. The Hall–Kier alpha value is -1.09. The lowest BCUT2D eigenvalue weighted by atomic mass is 9.75. The molecule has 2 N–H and O–H groups in total. The SMILES string of the molecule is CC[C@H](c1ccc(F)cc1ON)C(C)(C)C. The van der Waals surface area contributed by atoms with Crippen molar-refractivity contribution in [1.82, 2.24) is 0 Å². The molecule has 1 aromatic carbocycles. The molecule has 90 valence electrons. The molecule has 0 saturated heterocycles. The Morgan fingerprint density at radius 3 is 2.44 bits per heavy atom. The van der Waals surface area contributed by atoms with Gasteiger partial charge in [-0.1, -0.05) is 33.8 Å². The van der Waals surface area contributed by atoms with Crippen LogP contribution in [0.5, 0.6) is 5.75 Å². The van der Waals surface area contributed by atoms with Crippen LogP contribution in [0, 0.1) is 11.2 Å². The molecule has 0 aliphatic heterocycles. The molecule has 0 spiro atoms. The molecule has 3 heteroatoms. The topological polar surface area (TPSA) is 35.2 Å². The van der Waals surface area contributed by atoms with E-state index in [1.54, 1.807) is 6.07 Å². The van der Waals surface area contributed by atoms with E-state index in [0.717, 1.165) is 12.0 Å². The van der Waals surface area contributed by atoms with Crippen LogP contribution >= 0.6 is 0 Å². The lowest BCUT2D eigenvalue weighted by Crippen LogP contribution is -2.19. The van der Waals surface area contributed by atoms with Gasteiger partial charge in [-0.15, -0.1) is 0 Å². The molecule has 0 aliphatic rings. The van der Waals surface area contributed by atoms with Crippen LogP contribution in [0.1, 0.15) is 45.6 Å². The minimum atomic E-state index is -0.326. The van der Waals surface area contributed by atoms with Crippen molar-refractivity contribution in [3.8, 4) is 5.75 Å². The molecule has 0 radical (unpaired) electrons. The lowest BCUT2D eigenvalue weighted by Gasteiger charge is -2.31. The molecule has 0 fully saturated rings. The Morgan fingerprint density at radius 1 is 1.38 bits per heavy atom. The molecule has 2 nitrogen and oxygen atoms in total. The van der Waals surface area contributed by atoms with Gasteiger partial charge in [-0.25, -0.2) is 4.39 Å². The second-order valence-corrected chi connectivity index (χ2v) is 5.13. The molecule has 1 atom stereocenters. The highest BCUT2D eigenvalue weighted by atomic mass is 19.1. The Balaban J connectivity index is 3.20. The Bertz CT molecular complexity index is 357.